The van der Waals surface area contributed by atoms with Gasteiger partial charge in [0, 0.05) is 12.2 Å². The lowest BCUT2D eigenvalue weighted by atomic mass is 9.96. The lowest BCUT2D eigenvalue weighted by Crippen LogP contribution is -2.33. The van der Waals surface area contributed by atoms with Crippen LogP contribution in [0.5, 0.6) is 0 Å². The summed E-state index contributed by atoms with van der Waals surface area (Å²) in [7, 11) is 0. The molecule has 0 saturated heterocycles. The van der Waals surface area contributed by atoms with Gasteiger partial charge in [0.25, 0.3) is 5.91 Å². The summed E-state index contributed by atoms with van der Waals surface area (Å²) in [5.41, 5.74) is 6.22. The van der Waals surface area contributed by atoms with Gasteiger partial charge in [-0.15, -0.1) is 0 Å². The second-order valence-electron chi connectivity index (χ2n) is 5.46. The second kappa shape index (κ2) is 5.22. The minimum absolute atomic E-state index is 0.253. The highest BCUT2D eigenvalue weighted by Gasteiger charge is 2.19. The number of nitrogens with one attached hydrogen (secondary N) is 1. The summed E-state index contributed by atoms with van der Waals surface area (Å²) in [6, 6.07) is 13.4. The van der Waals surface area contributed by atoms with E-state index >= 15 is 0 Å². The van der Waals surface area contributed by atoms with E-state index < -0.39 is 5.41 Å². The third-order valence-corrected chi connectivity index (χ3v) is 3.16. The van der Waals surface area contributed by atoms with Gasteiger partial charge in [0.2, 0.25) is 0 Å². The molecule has 0 saturated carbocycles. The molecule has 2 aromatic rings. The molecule has 0 aliphatic carbocycles. The second-order valence-corrected chi connectivity index (χ2v) is 5.46. The van der Waals surface area contributed by atoms with Gasteiger partial charge in [0.15, 0.2) is 0 Å². The van der Waals surface area contributed by atoms with Crippen LogP contribution in [0.1, 0.15) is 24.2 Å². The van der Waals surface area contributed by atoms with Crippen LogP contribution < -0.4 is 11.1 Å². The molecule has 3 N–H and O–H groups in total. The van der Waals surface area contributed by atoms with Gasteiger partial charge in [-0.2, -0.15) is 5.26 Å². The highest BCUT2D eigenvalue weighted by atomic mass is 16.1. The lowest BCUT2D eigenvalue weighted by molar-refractivity contribution is 0.0945. The molecule has 0 fully saturated rings. The predicted molar refractivity (Wildman–Crippen MR) is 80.1 cm³/mol. The first-order chi connectivity index (χ1) is 9.43. The van der Waals surface area contributed by atoms with Crippen molar-refractivity contribution in [3.63, 3.8) is 0 Å². The number of carbonyl (C=O) groups is 1. The van der Waals surface area contributed by atoms with E-state index in [4.69, 9.17) is 11.0 Å². The molecule has 102 valence electrons. The lowest BCUT2D eigenvalue weighted by Gasteiger charge is -2.16. The summed E-state index contributed by atoms with van der Waals surface area (Å²) < 4.78 is 0. The summed E-state index contributed by atoms with van der Waals surface area (Å²) in [4.78, 5) is 12.2. The Morgan fingerprint density at radius 2 is 1.90 bits per heavy atom. The Kier molecular flexibility index (Phi) is 3.62. The smallest absolute Gasteiger partial charge is 0.253 e. The maximum atomic E-state index is 12.2. The zero-order chi connectivity index (χ0) is 14.8. The van der Waals surface area contributed by atoms with Gasteiger partial charge >= 0.3 is 0 Å². The summed E-state index contributed by atoms with van der Waals surface area (Å²) >= 11 is 0. The average molecular weight is 267 g/mol. The standard InChI is InChI=1S/C16H17N3O/c1-16(2,9-17)10-19-15(20)13-7-11-5-3-4-6-12(11)8-14(13)18/h3-8H,10,18H2,1-2H3,(H,19,20). The number of rotatable bonds is 3. The van der Waals surface area contributed by atoms with Crippen molar-refractivity contribution in [2.75, 3.05) is 12.3 Å². The number of fused-ring (bicyclic) bond motifs is 1. The molecule has 0 aromatic heterocycles. The predicted octanol–water partition coefficient (Wildman–Crippen LogP) is 2.70. The first-order valence-corrected chi connectivity index (χ1v) is 6.41. The number of hydrogen-bond donors (Lipinski definition) is 2. The summed E-state index contributed by atoms with van der Waals surface area (Å²) in [5.74, 6) is -0.253. The number of anilines is 1. The Morgan fingerprint density at radius 1 is 1.30 bits per heavy atom. The number of nitrogen functional groups attached to an aromatic ring is 1. The average Bonchev–Trinajstić information content (AvgIpc) is 2.44. The normalized spacial score (nSPS) is 11.1. The third-order valence-electron chi connectivity index (χ3n) is 3.16. The largest absolute Gasteiger partial charge is 0.398 e. The van der Waals surface area contributed by atoms with Gasteiger partial charge < -0.3 is 11.1 Å². The van der Waals surface area contributed by atoms with Crippen LogP contribution >= 0.6 is 0 Å². The number of nitriles is 1. The van der Waals surface area contributed by atoms with E-state index in [1.807, 2.05) is 24.3 Å². The Hall–Kier alpha value is -2.54. The van der Waals surface area contributed by atoms with Crippen molar-refractivity contribution in [2.45, 2.75) is 13.8 Å². The van der Waals surface area contributed by atoms with Crippen molar-refractivity contribution in [3.8, 4) is 6.07 Å². The van der Waals surface area contributed by atoms with Crippen LogP contribution in [0.3, 0.4) is 0 Å². The molecule has 0 heterocycles. The number of carbonyl (C=O) groups excluding carboxylic acids is 1. The van der Waals surface area contributed by atoms with Crippen LogP contribution in [0, 0.1) is 16.7 Å². The SMILES string of the molecule is CC(C)(C#N)CNC(=O)c1cc2ccccc2cc1N. The number of amides is 1. The molecule has 20 heavy (non-hydrogen) atoms. The highest BCUT2D eigenvalue weighted by molar-refractivity contribution is 6.03. The monoisotopic (exact) mass is 267 g/mol. The Labute approximate surface area is 118 Å². The zero-order valence-electron chi connectivity index (χ0n) is 11.6. The fourth-order valence-corrected chi connectivity index (χ4v) is 1.89. The molecule has 4 nitrogen and oxygen atoms in total. The van der Waals surface area contributed by atoms with Crippen molar-refractivity contribution in [3.05, 3.63) is 42.0 Å². The van der Waals surface area contributed by atoms with Gasteiger partial charge in [-0.3, -0.25) is 4.79 Å². The van der Waals surface area contributed by atoms with Crippen molar-refractivity contribution in [1.29, 1.82) is 5.26 Å². The van der Waals surface area contributed by atoms with E-state index in [0.29, 0.717) is 11.3 Å². The fraction of sp³-hybridized carbons (Fsp3) is 0.250. The molecule has 0 aliphatic heterocycles. The van der Waals surface area contributed by atoms with Crippen LogP contribution in [0.15, 0.2) is 36.4 Å². The van der Waals surface area contributed by atoms with Crippen LogP contribution in [0.25, 0.3) is 10.8 Å². The van der Waals surface area contributed by atoms with Gasteiger partial charge in [0.05, 0.1) is 17.0 Å². The van der Waals surface area contributed by atoms with Crippen molar-refractivity contribution < 1.29 is 4.79 Å². The number of benzene rings is 2. The first-order valence-electron chi connectivity index (χ1n) is 6.41. The van der Waals surface area contributed by atoms with Crippen LogP contribution in [0.2, 0.25) is 0 Å². The number of hydrogen-bond acceptors (Lipinski definition) is 3. The van der Waals surface area contributed by atoms with Crippen LogP contribution in [0.4, 0.5) is 5.69 Å². The van der Waals surface area contributed by atoms with Gasteiger partial charge in [-0.25, -0.2) is 0 Å². The molecular weight excluding hydrogens is 250 g/mol. The van der Waals surface area contributed by atoms with E-state index in [-0.39, 0.29) is 12.5 Å². The van der Waals surface area contributed by atoms with Crippen LogP contribution in [-0.2, 0) is 0 Å². The molecule has 0 aliphatic rings. The zero-order valence-corrected chi connectivity index (χ0v) is 11.6. The molecule has 2 aromatic carbocycles. The maximum absolute atomic E-state index is 12.2. The van der Waals surface area contributed by atoms with Gasteiger partial charge in [-0.05, 0) is 36.8 Å². The van der Waals surface area contributed by atoms with E-state index in [2.05, 4.69) is 11.4 Å². The fourth-order valence-electron chi connectivity index (χ4n) is 1.89. The molecule has 0 radical (unpaired) electrons. The van der Waals surface area contributed by atoms with E-state index in [1.165, 1.54) is 0 Å². The Balaban J connectivity index is 2.26. The highest BCUT2D eigenvalue weighted by Crippen LogP contribution is 2.22. The number of nitrogens with zero attached hydrogens (tertiary/aromatic N) is 1. The first kappa shape index (κ1) is 13.9. The molecule has 1 amide bonds. The maximum Gasteiger partial charge on any atom is 0.253 e. The minimum Gasteiger partial charge on any atom is -0.398 e. The quantitative estimate of drug-likeness (QED) is 0.839. The molecule has 4 heteroatoms. The summed E-state index contributed by atoms with van der Waals surface area (Å²) in [5, 5.41) is 13.7. The van der Waals surface area contributed by atoms with Crippen molar-refractivity contribution in [2.24, 2.45) is 5.41 Å². The summed E-state index contributed by atoms with van der Waals surface area (Å²) in [6.45, 7) is 3.84. The molecule has 2 rings (SSSR count). The van der Waals surface area contributed by atoms with E-state index in [1.54, 1.807) is 26.0 Å². The molecule has 0 unspecified atom stereocenters. The number of nitrogens with two attached hydrogens (primary N) is 1. The Bertz CT molecular complexity index is 698. The van der Waals surface area contributed by atoms with Crippen molar-refractivity contribution >= 4 is 22.4 Å². The van der Waals surface area contributed by atoms with Crippen LogP contribution in [-0.4, -0.2) is 12.5 Å². The summed E-state index contributed by atoms with van der Waals surface area (Å²) in [6.07, 6.45) is 0. The van der Waals surface area contributed by atoms with Gasteiger partial charge in [0.1, 0.15) is 0 Å². The molecular formula is C16H17N3O. The van der Waals surface area contributed by atoms with Gasteiger partial charge in [-0.1, -0.05) is 24.3 Å². The minimum atomic E-state index is -0.596. The Morgan fingerprint density at radius 3 is 2.50 bits per heavy atom. The third kappa shape index (κ3) is 2.89. The molecule has 0 bridgehead atoms. The molecule has 0 spiro atoms. The van der Waals surface area contributed by atoms with E-state index in [0.717, 1.165) is 10.8 Å². The van der Waals surface area contributed by atoms with Crippen molar-refractivity contribution in [1.82, 2.24) is 5.32 Å². The topological polar surface area (TPSA) is 78.9 Å². The molecule has 0 atom stereocenters. The van der Waals surface area contributed by atoms with E-state index in [9.17, 15) is 4.79 Å².